The summed E-state index contributed by atoms with van der Waals surface area (Å²) >= 11 is 0. The van der Waals surface area contributed by atoms with E-state index in [1.807, 2.05) is 0 Å². The number of para-hydroxylation sites is 1. The molecule has 0 bridgehead atoms. The minimum Gasteiger partial charge on any atom is -0.472 e. The van der Waals surface area contributed by atoms with Gasteiger partial charge in [0.15, 0.2) is 0 Å². The third-order valence-corrected chi connectivity index (χ3v) is 3.51. The van der Waals surface area contributed by atoms with Crippen molar-refractivity contribution < 1.29 is 22.4 Å². The van der Waals surface area contributed by atoms with E-state index >= 15 is 0 Å². The molecule has 0 saturated heterocycles. The van der Waals surface area contributed by atoms with Crippen LogP contribution in [0, 0.1) is 0 Å². The molecule has 0 spiro atoms. The van der Waals surface area contributed by atoms with Gasteiger partial charge in [-0.15, -0.1) is 5.10 Å². The first-order valence-electron chi connectivity index (χ1n) is 7.22. The highest BCUT2D eigenvalue weighted by atomic mass is 19.4. The Morgan fingerprint density at radius 2 is 2.04 bits per heavy atom. The Morgan fingerprint density at radius 3 is 2.72 bits per heavy atom. The van der Waals surface area contributed by atoms with Crippen molar-refractivity contribution in [2.24, 2.45) is 0 Å². The minimum absolute atomic E-state index is 0.0954. The first-order chi connectivity index (χ1) is 11.9. The van der Waals surface area contributed by atoms with Gasteiger partial charge in [0.1, 0.15) is 12.0 Å². The van der Waals surface area contributed by atoms with Crippen molar-refractivity contribution in [1.29, 1.82) is 0 Å². The Morgan fingerprint density at radius 1 is 1.28 bits per heavy atom. The topological polar surface area (TPSA) is 64.2 Å². The molecule has 2 heterocycles. The van der Waals surface area contributed by atoms with Crippen LogP contribution in [-0.4, -0.2) is 32.8 Å². The standard InChI is InChI=1S/C16H13F3N4O2/c1-22(15(24)11-6-7-25-10-11)8-12-9-23(21-20-12)14-5-3-2-4-13(14)16(17,18)19/h2-7,9-10H,8H2,1H3. The molecule has 25 heavy (non-hydrogen) atoms. The number of benzene rings is 1. The number of rotatable bonds is 4. The maximum atomic E-state index is 13.1. The van der Waals surface area contributed by atoms with Crippen molar-refractivity contribution in [2.45, 2.75) is 12.7 Å². The lowest BCUT2D eigenvalue weighted by molar-refractivity contribution is -0.137. The molecule has 0 aliphatic rings. The van der Waals surface area contributed by atoms with Crippen molar-refractivity contribution in [3.63, 3.8) is 0 Å². The summed E-state index contributed by atoms with van der Waals surface area (Å²) < 4.78 is 45.2. The maximum absolute atomic E-state index is 13.1. The number of nitrogens with zero attached hydrogens (tertiary/aromatic N) is 4. The smallest absolute Gasteiger partial charge is 0.418 e. The average Bonchev–Trinajstić information content (AvgIpc) is 3.25. The fourth-order valence-electron chi connectivity index (χ4n) is 2.32. The van der Waals surface area contributed by atoms with E-state index in [2.05, 4.69) is 10.3 Å². The molecule has 3 aromatic rings. The number of hydrogen-bond donors (Lipinski definition) is 0. The number of hydrogen-bond acceptors (Lipinski definition) is 4. The van der Waals surface area contributed by atoms with Gasteiger partial charge in [0, 0.05) is 7.05 Å². The van der Waals surface area contributed by atoms with E-state index < -0.39 is 11.7 Å². The lowest BCUT2D eigenvalue weighted by Crippen LogP contribution is -2.25. The van der Waals surface area contributed by atoms with Crippen molar-refractivity contribution >= 4 is 5.91 Å². The van der Waals surface area contributed by atoms with Gasteiger partial charge in [-0.2, -0.15) is 13.2 Å². The molecule has 0 aliphatic carbocycles. The van der Waals surface area contributed by atoms with E-state index in [-0.39, 0.29) is 18.1 Å². The van der Waals surface area contributed by atoms with E-state index in [4.69, 9.17) is 4.42 Å². The summed E-state index contributed by atoms with van der Waals surface area (Å²) in [6.45, 7) is 0.0954. The van der Waals surface area contributed by atoms with Crippen LogP contribution in [0.3, 0.4) is 0 Å². The molecule has 0 fully saturated rings. The zero-order valence-corrected chi connectivity index (χ0v) is 13.1. The van der Waals surface area contributed by atoms with Gasteiger partial charge in [0.2, 0.25) is 0 Å². The van der Waals surface area contributed by atoms with Crippen LogP contribution in [0.5, 0.6) is 0 Å². The van der Waals surface area contributed by atoms with Crippen LogP contribution in [0.25, 0.3) is 5.69 Å². The Balaban J connectivity index is 1.81. The SMILES string of the molecule is CN(Cc1cn(-c2ccccc2C(F)(F)F)nn1)C(=O)c1ccoc1. The van der Waals surface area contributed by atoms with Gasteiger partial charge in [0.25, 0.3) is 5.91 Å². The van der Waals surface area contributed by atoms with Gasteiger partial charge in [0.05, 0.1) is 35.8 Å². The van der Waals surface area contributed by atoms with Crippen molar-refractivity contribution in [3.05, 3.63) is 65.9 Å². The molecular weight excluding hydrogens is 337 g/mol. The maximum Gasteiger partial charge on any atom is 0.418 e. The summed E-state index contributed by atoms with van der Waals surface area (Å²) in [4.78, 5) is 13.5. The van der Waals surface area contributed by atoms with E-state index in [1.165, 1.54) is 47.9 Å². The number of halogens is 3. The fourth-order valence-corrected chi connectivity index (χ4v) is 2.32. The van der Waals surface area contributed by atoms with Crippen molar-refractivity contribution in [2.75, 3.05) is 7.05 Å². The normalized spacial score (nSPS) is 11.5. The van der Waals surface area contributed by atoms with Gasteiger partial charge < -0.3 is 9.32 Å². The third-order valence-electron chi connectivity index (χ3n) is 3.51. The number of alkyl halides is 3. The van der Waals surface area contributed by atoms with Crippen LogP contribution in [0.15, 0.2) is 53.5 Å². The number of carbonyl (C=O) groups is 1. The summed E-state index contributed by atoms with van der Waals surface area (Å²) in [5, 5.41) is 7.59. The Labute approximate surface area is 140 Å². The number of furan rings is 1. The van der Waals surface area contributed by atoms with E-state index in [0.29, 0.717) is 11.3 Å². The Bertz CT molecular complexity index is 872. The molecular formula is C16H13F3N4O2. The number of carbonyl (C=O) groups excluding carboxylic acids is 1. The van der Waals surface area contributed by atoms with Crippen LogP contribution in [0.4, 0.5) is 13.2 Å². The van der Waals surface area contributed by atoms with Crippen LogP contribution in [0.2, 0.25) is 0 Å². The highest BCUT2D eigenvalue weighted by Crippen LogP contribution is 2.33. The molecule has 3 rings (SSSR count). The third kappa shape index (κ3) is 3.54. The monoisotopic (exact) mass is 350 g/mol. The summed E-state index contributed by atoms with van der Waals surface area (Å²) in [7, 11) is 1.55. The van der Waals surface area contributed by atoms with Gasteiger partial charge in [-0.25, -0.2) is 4.68 Å². The Kier molecular flexibility index (Phi) is 4.30. The van der Waals surface area contributed by atoms with Crippen LogP contribution in [-0.2, 0) is 12.7 Å². The van der Waals surface area contributed by atoms with E-state index in [9.17, 15) is 18.0 Å². The molecule has 0 unspecified atom stereocenters. The first-order valence-corrected chi connectivity index (χ1v) is 7.22. The van der Waals surface area contributed by atoms with E-state index in [0.717, 1.165) is 10.7 Å². The zero-order valence-electron chi connectivity index (χ0n) is 13.1. The van der Waals surface area contributed by atoms with Gasteiger partial charge >= 0.3 is 6.18 Å². The second kappa shape index (κ2) is 6.42. The molecule has 9 heteroatoms. The predicted molar refractivity (Wildman–Crippen MR) is 80.9 cm³/mol. The average molecular weight is 350 g/mol. The number of aromatic nitrogens is 3. The second-order valence-corrected chi connectivity index (χ2v) is 5.34. The quantitative estimate of drug-likeness (QED) is 0.725. The molecule has 0 radical (unpaired) electrons. The highest BCUT2D eigenvalue weighted by molar-refractivity contribution is 5.93. The Hall–Kier alpha value is -3.10. The van der Waals surface area contributed by atoms with Crippen LogP contribution in [0.1, 0.15) is 21.6 Å². The van der Waals surface area contributed by atoms with Crippen molar-refractivity contribution in [3.8, 4) is 5.69 Å². The summed E-state index contributed by atoms with van der Waals surface area (Å²) in [5.41, 5.74) is -0.208. The van der Waals surface area contributed by atoms with Gasteiger partial charge in [-0.1, -0.05) is 17.3 Å². The molecule has 6 nitrogen and oxygen atoms in total. The predicted octanol–water partition coefficient (Wildman–Crippen LogP) is 3.15. The molecule has 2 aromatic heterocycles. The molecule has 1 amide bonds. The first kappa shape index (κ1) is 16.7. The second-order valence-electron chi connectivity index (χ2n) is 5.34. The minimum atomic E-state index is -4.50. The van der Waals surface area contributed by atoms with Crippen molar-refractivity contribution in [1.82, 2.24) is 19.9 Å². The molecule has 0 N–H and O–H groups in total. The fraction of sp³-hybridized carbons (Fsp3) is 0.188. The largest absolute Gasteiger partial charge is 0.472 e. The van der Waals surface area contributed by atoms with Gasteiger partial charge in [-0.05, 0) is 18.2 Å². The highest BCUT2D eigenvalue weighted by Gasteiger charge is 2.34. The van der Waals surface area contributed by atoms with E-state index in [1.54, 1.807) is 7.05 Å². The molecule has 0 atom stereocenters. The molecule has 0 aliphatic heterocycles. The number of amides is 1. The lowest BCUT2D eigenvalue weighted by Gasteiger charge is -2.14. The van der Waals surface area contributed by atoms with Crippen LogP contribution >= 0.6 is 0 Å². The lowest BCUT2D eigenvalue weighted by atomic mass is 10.1. The van der Waals surface area contributed by atoms with Crippen LogP contribution < -0.4 is 0 Å². The molecule has 0 saturated carbocycles. The summed E-state index contributed by atoms with van der Waals surface area (Å²) in [6, 6.07) is 6.60. The molecule has 1 aromatic carbocycles. The molecule has 130 valence electrons. The summed E-state index contributed by atoms with van der Waals surface area (Å²) in [5.74, 6) is -0.293. The van der Waals surface area contributed by atoms with Gasteiger partial charge in [-0.3, -0.25) is 4.79 Å². The summed E-state index contributed by atoms with van der Waals surface area (Å²) in [6.07, 6.45) is -0.443. The zero-order chi connectivity index (χ0) is 18.0.